The minimum atomic E-state index is -0.417. The van der Waals surface area contributed by atoms with Gasteiger partial charge in [0.25, 0.3) is 11.8 Å². The number of hydrogen-bond donors (Lipinski definition) is 2. The third-order valence-corrected chi connectivity index (χ3v) is 4.53. The van der Waals surface area contributed by atoms with Crippen LogP contribution in [0.15, 0.2) is 18.6 Å². The number of aryl methyl sites for hydroxylation is 1. The van der Waals surface area contributed by atoms with Gasteiger partial charge in [-0.15, -0.1) is 0 Å². The number of hydrogen-bond acceptors (Lipinski definition) is 5. The van der Waals surface area contributed by atoms with Crippen molar-refractivity contribution in [3.63, 3.8) is 0 Å². The molecule has 8 heteroatoms. The molecule has 1 aliphatic heterocycles. The minimum absolute atomic E-state index is 0.0600. The standard InChI is InChI=1S/C18H24N6O2/c1-3-13(16-21-11-12(2)22-16)23-17(25)14-15(20-8-7-19-14)18(26)24-9-5-4-6-10-24/h7-8,11,13H,3-6,9-10H2,1-2H3,(H,21,22)(H,23,25)/t13-/m0/s1. The largest absolute Gasteiger partial charge is 0.344 e. The Hall–Kier alpha value is -2.77. The lowest BCUT2D eigenvalue weighted by molar-refractivity contribution is 0.0710. The normalized spacial score (nSPS) is 15.5. The maximum Gasteiger partial charge on any atom is 0.274 e. The number of amides is 2. The van der Waals surface area contributed by atoms with Crippen LogP contribution in [0.5, 0.6) is 0 Å². The summed E-state index contributed by atoms with van der Waals surface area (Å²) in [6.07, 6.45) is 8.33. The van der Waals surface area contributed by atoms with Gasteiger partial charge in [-0.25, -0.2) is 15.0 Å². The Morgan fingerprint density at radius 1 is 1.15 bits per heavy atom. The molecule has 0 aliphatic carbocycles. The molecule has 2 amide bonds. The third-order valence-electron chi connectivity index (χ3n) is 4.53. The van der Waals surface area contributed by atoms with E-state index in [4.69, 9.17) is 0 Å². The second-order valence-electron chi connectivity index (χ2n) is 6.49. The van der Waals surface area contributed by atoms with Gasteiger partial charge in [0.2, 0.25) is 0 Å². The summed E-state index contributed by atoms with van der Waals surface area (Å²) in [5.41, 5.74) is 1.09. The van der Waals surface area contributed by atoms with Gasteiger partial charge in [-0.2, -0.15) is 0 Å². The van der Waals surface area contributed by atoms with Crippen molar-refractivity contribution in [3.8, 4) is 0 Å². The molecule has 0 spiro atoms. The second kappa shape index (κ2) is 8.07. The lowest BCUT2D eigenvalue weighted by Crippen LogP contribution is -2.38. The van der Waals surface area contributed by atoms with Gasteiger partial charge in [-0.3, -0.25) is 9.59 Å². The fourth-order valence-corrected chi connectivity index (χ4v) is 3.11. The van der Waals surface area contributed by atoms with E-state index in [9.17, 15) is 9.59 Å². The van der Waals surface area contributed by atoms with Crippen molar-refractivity contribution in [2.75, 3.05) is 13.1 Å². The Bertz CT molecular complexity index is 781. The van der Waals surface area contributed by atoms with Crippen molar-refractivity contribution >= 4 is 11.8 Å². The number of imidazole rings is 1. The van der Waals surface area contributed by atoms with E-state index in [1.165, 1.54) is 12.4 Å². The van der Waals surface area contributed by atoms with Crippen molar-refractivity contribution < 1.29 is 9.59 Å². The number of piperidine rings is 1. The number of nitrogens with zero attached hydrogens (tertiary/aromatic N) is 4. The summed E-state index contributed by atoms with van der Waals surface area (Å²) in [6, 6.07) is -0.281. The summed E-state index contributed by atoms with van der Waals surface area (Å²) in [5, 5.41) is 2.90. The summed E-state index contributed by atoms with van der Waals surface area (Å²) >= 11 is 0. The number of carbonyl (C=O) groups is 2. The first-order valence-corrected chi connectivity index (χ1v) is 9.02. The lowest BCUT2D eigenvalue weighted by atomic mass is 10.1. The molecular weight excluding hydrogens is 332 g/mol. The molecule has 8 nitrogen and oxygen atoms in total. The van der Waals surface area contributed by atoms with Gasteiger partial charge in [0.15, 0.2) is 11.4 Å². The summed E-state index contributed by atoms with van der Waals surface area (Å²) in [5.74, 6) is 0.0374. The minimum Gasteiger partial charge on any atom is -0.344 e. The molecule has 0 unspecified atom stereocenters. The van der Waals surface area contributed by atoms with Crippen LogP contribution in [0.4, 0.5) is 0 Å². The van der Waals surface area contributed by atoms with Gasteiger partial charge in [0.1, 0.15) is 5.82 Å². The van der Waals surface area contributed by atoms with Crippen LogP contribution < -0.4 is 5.32 Å². The molecule has 3 rings (SSSR count). The van der Waals surface area contributed by atoms with Crippen LogP contribution in [-0.4, -0.2) is 49.7 Å². The summed E-state index contributed by atoms with van der Waals surface area (Å²) in [4.78, 5) is 43.0. The average molecular weight is 356 g/mol. The SMILES string of the molecule is CC[C@H](NC(=O)c1nccnc1C(=O)N1CCCCC1)c1ncc(C)[nH]1. The maximum atomic E-state index is 12.8. The van der Waals surface area contributed by atoms with Crippen molar-refractivity contribution in [2.24, 2.45) is 0 Å². The Morgan fingerprint density at radius 2 is 1.85 bits per heavy atom. The first-order chi connectivity index (χ1) is 12.6. The molecule has 1 fully saturated rings. The summed E-state index contributed by atoms with van der Waals surface area (Å²) in [7, 11) is 0. The topological polar surface area (TPSA) is 104 Å². The monoisotopic (exact) mass is 356 g/mol. The highest BCUT2D eigenvalue weighted by molar-refractivity contribution is 6.04. The molecule has 1 saturated heterocycles. The van der Waals surface area contributed by atoms with Gasteiger partial charge in [0, 0.05) is 37.4 Å². The second-order valence-corrected chi connectivity index (χ2v) is 6.49. The van der Waals surface area contributed by atoms with Gasteiger partial charge < -0.3 is 15.2 Å². The molecule has 0 radical (unpaired) electrons. The van der Waals surface area contributed by atoms with Crippen molar-refractivity contribution in [2.45, 2.75) is 45.6 Å². The number of rotatable bonds is 5. The number of likely N-dealkylation sites (tertiary alicyclic amines) is 1. The van der Waals surface area contributed by atoms with Gasteiger partial charge in [-0.05, 0) is 32.6 Å². The van der Waals surface area contributed by atoms with Crippen molar-refractivity contribution in [3.05, 3.63) is 41.5 Å². The molecule has 1 atom stereocenters. The highest BCUT2D eigenvalue weighted by Gasteiger charge is 2.27. The molecule has 1 aliphatic rings. The van der Waals surface area contributed by atoms with E-state index in [1.807, 2.05) is 13.8 Å². The quantitative estimate of drug-likeness (QED) is 0.853. The molecule has 138 valence electrons. The van der Waals surface area contributed by atoms with Gasteiger partial charge in [0.05, 0.1) is 6.04 Å². The van der Waals surface area contributed by atoms with Crippen LogP contribution in [0.3, 0.4) is 0 Å². The highest BCUT2D eigenvalue weighted by Crippen LogP contribution is 2.16. The zero-order valence-electron chi connectivity index (χ0n) is 15.2. The fraction of sp³-hybridized carbons (Fsp3) is 0.500. The number of aromatic nitrogens is 4. The third kappa shape index (κ3) is 3.89. The molecule has 3 heterocycles. The van der Waals surface area contributed by atoms with Crippen molar-refractivity contribution in [1.29, 1.82) is 0 Å². The first-order valence-electron chi connectivity index (χ1n) is 9.02. The van der Waals surface area contributed by atoms with E-state index in [2.05, 4.69) is 25.3 Å². The molecule has 0 saturated carbocycles. The van der Waals surface area contributed by atoms with Crippen LogP contribution >= 0.6 is 0 Å². The van der Waals surface area contributed by atoms with E-state index in [-0.39, 0.29) is 23.3 Å². The molecule has 2 aromatic rings. The summed E-state index contributed by atoms with van der Waals surface area (Å²) < 4.78 is 0. The van der Waals surface area contributed by atoms with E-state index in [0.717, 1.165) is 25.0 Å². The van der Waals surface area contributed by atoms with E-state index in [1.54, 1.807) is 11.1 Å². The number of H-pyrrole nitrogens is 1. The lowest BCUT2D eigenvalue weighted by Gasteiger charge is -2.26. The van der Waals surface area contributed by atoms with Gasteiger partial charge >= 0.3 is 0 Å². The molecular formula is C18H24N6O2. The fourth-order valence-electron chi connectivity index (χ4n) is 3.11. The van der Waals surface area contributed by atoms with Crippen LogP contribution in [0.2, 0.25) is 0 Å². The predicted octanol–water partition coefficient (Wildman–Crippen LogP) is 2.02. The molecule has 2 N–H and O–H groups in total. The molecule has 0 bridgehead atoms. The van der Waals surface area contributed by atoms with E-state index < -0.39 is 5.91 Å². The average Bonchev–Trinajstić information content (AvgIpc) is 3.12. The number of carbonyl (C=O) groups excluding carboxylic acids is 2. The van der Waals surface area contributed by atoms with Crippen LogP contribution in [0.1, 0.15) is 71.1 Å². The highest BCUT2D eigenvalue weighted by atomic mass is 16.2. The van der Waals surface area contributed by atoms with Gasteiger partial charge in [-0.1, -0.05) is 6.92 Å². The van der Waals surface area contributed by atoms with Crippen molar-refractivity contribution in [1.82, 2.24) is 30.2 Å². The van der Waals surface area contributed by atoms with Crippen LogP contribution in [0, 0.1) is 6.92 Å². The maximum absolute atomic E-state index is 12.8. The molecule has 26 heavy (non-hydrogen) atoms. The molecule has 2 aromatic heterocycles. The zero-order chi connectivity index (χ0) is 18.5. The zero-order valence-corrected chi connectivity index (χ0v) is 15.2. The Morgan fingerprint density at radius 3 is 2.46 bits per heavy atom. The van der Waals surface area contributed by atoms with E-state index >= 15 is 0 Å². The Labute approximate surface area is 152 Å². The Kier molecular flexibility index (Phi) is 5.60. The first kappa shape index (κ1) is 18.0. The number of nitrogens with one attached hydrogen (secondary N) is 2. The smallest absolute Gasteiger partial charge is 0.274 e. The Balaban J connectivity index is 1.79. The predicted molar refractivity (Wildman–Crippen MR) is 95.6 cm³/mol. The number of aromatic amines is 1. The van der Waals surface area contributed by atoms with Crippen LogP contribution in [-0.2, 0) is 0 Å². The van der Waals surface area contributed by atoms with E-state index in [0.29, 0.717) is 25.3 Å². The molecule has 0 aromatic carbocycles. The summed E-state index contributed by atoms with van der Waals surface area (Å²) in [6.45, 7) is 5.25. The van der Waals surface area contributed by atoms with Crippen LogP contribution in [0.25, 0.3) is 0 Å².